The lowest BCUT2D eigenvalue weighted by molar-refractivity contribution is 0.658. The molecule has 1 aromatic heterocycles. The van der Waals surface area contributed by atoms with E-state index in [2.05, 4.69) is 47.3 Å². The summed E-state index contributed by atoms with van der Waals surface area (Å²) in [4.78, 5) is 8.36. The van der Waals surface area contributed by atoms with Gasteiger partial charge < -0.3 is 5.32 Å². The second-order valence-corrected chi connectivity index (χ2v) is 4.14. The third-order valence-electron chi connectivity index (χ3n) is 2.85. The van der Waals surface area contributed by atoms with E-state index < -0.39 is 0 Å². The second kappa shape index (κ2) is 5.55. The molecule has 1 N–H and O–H groups in total. The van der Waals surface area contributed by atoms with Gasteiger partial charge in [0.25, 0.3) is 0 Å². The zero-order valence-corrected chi connectivity index (χ0v) is 10.3. The summed E-state index contributed by atoms with van der Waals surface area (Å²) in [6.07, 6.45) is 3.53. The summed E-state index contributed by atoms with van der Waals surface area (Å²) in [5, 5.41) is 3.37. The van der Waals surface area contributed by atoms with E-state index in [1.54, 1.807) is 12.4 Å². The molecular formula is C14H17N3. The van der Waals surface area contributed by atoms with Crippen LogP contribution in [0.25, 0.3) is 0 Å². The molecular weight excluding hydrogens is 210 g/mol. The number of nitrogens with zero attached hydrogens (tertiary/aromatic N) is 2. The van der Waals surface area contributed by atoms with E-state index in [0.29, 0.717) is 6.54 Å². The molecule has 3 heteroatoms. The molecule has 0 bridgehead atoms. The molecule has 0 amide bonds. The molecule has 0 aliphatic carbocycles. The summed E-state index contributed by atoms with van der Waals surface area (Å²) < 4.78 is 0. The van der Waals surface area contributed by atoms with Gasteiger partial charge in [-0.1, -0.05) is 18.2 Å². The number of rotatable bonds is 4. The summed E-state index contributed by atoms with van der Waals surface area (Å²) in [6.45, 7) is 5.84. The van der Waals surface area contributed by atoms with Crippen LogP contribution in [0, 0.1) is 13.8 Å². The third kappa shape index (κ3) is 3.11. The molecule has 0 saturated heterocycles. The fraction of sp³-hybridized carbons (Fsp3) is 0.286. The summed E-state index contributed by atoms with van der Waals surface area (Å²) in [5.74, 6) is 0.832. The van der Waals surface area contributed by atoms with Crippen LogP contribution >= 0.6 is 0 Å². The van der Waals surface area contributed by atoms with Crippen LogP contribution in [0.15, 0.2) is 36.7 Å². The molecule has 0 atom stereocenters. The van der Waals surface area contributed by atoms with Gasteiger partial charge in [-0.15, -0.1) is 0 Å². The topological polar surface area (TPSA) is 37.8 Å². The largest absolute Gasteiger partial charge is 0.306 e. The lowest BCUT2D eigenvalue weighted by Crippen LogP contribution is -2.16. The van der Waals surface area contributed by atoms with Crippen molar-refractivity contribution < 1.29 is 0 Å². The maximum Gasteiger partial charge on any atom is 0.141 e. The molecule has 0 unspecified atom stereocenters. The third-order valence-corrected chi connectivity index (χ3v) is 2.85. The van der Waals surface area contributed by atoms with Gasteiger partial charge in [0.1, 0.15) is 5.82 Å². The normalized spacial score (nSPS) is 10.5. The highest BCUT2D eigenvalue weighted by atomic mass is 14.9. The van der Waals surface area contributed by atoms with Crippen LogP contribution in [0.1, 0.15) is 22.5 Å². The van der Waals surface area contributed by atoms with Gasteiger partial charge in [0.15, 0.2) is 0 Å². The Morgan fingerprint density at radius 2 is 1.59 bits per heavy atom. The lowest BCUT2D eigenvalue weighted by atomic mass is 10.0. The van der Waals surface area contributed by atoms with Gasteiger partial charge in [-0.2, -0.15) is 0 Å². The van der Waals surface area contributed by atoms with E-state index in [-0.39, 0.29) is 0 Å². The van der Waals surface area contributed by atoms with E-state index in [4.69, 9.17) is 0 Å². The minimum atomic E-state index is 0.703. The average Bonchev–Trinajstić information content (AvgIpc) is 2.34. The van der Waals surface area contributed by atoms with Crippen molar-refractivity contribution in [3.8, 4) is 0 Å². The van der Waals surface area contributed by atoms with E-state index in [9.17, 15) is 0 Å². The Labute approximate surface area is 102 Å². The molecule has 0 aliphatic rings. The summed E-state index contributed by atoms with van der Waals surface area (Å²) >= 11 is 0. The second-order valence-electron chi connectivity index (χ2n) is 4.14. The van der Waals surface area contributed by atoms with E-state index in [1.807, 2.05) is 6.07 Å². The minimum absolute atomic E-state index is 0.703. The Balaban J connectivity index is 1.95. The van der Waals surface area contributed by atoms with Gasteiger partial charge >= 0.3 is 0 Å². The quantitative estimate of drug-likeness (QED) is 0.871. The zero-order chi connectivity index (χ0) is 12.1. The number of benzene rings is 1. The predicted octanol–water partition coefficient (Wildman–Crippen LogP) is 2.38. The van der Waals surface area contributed by atoms with Crippen molar-refractivity contribution in [3.05, 3.63) is 59.2 Å². The Bertz CT molecular complexity index is 460. The van der Waals surface area contributed by atoms with Crippen molar-refractivity contribution >= 4 is 0 Å². The van der Waals surface area contributed by atoms with Gasteiger partial charge in [0, 0.05) is 18.9 Å². The van der Waals surface area contributed by atoms with Crippen LogP contribution in [-0.4, -0.2) is 9.97 Å². The molecule has 88 valence electrons. The maximum atomic E-state index is 4.18. The van der Waals surface area contributed by atoms with Crippen LogP contribution in [0.3, 0.4) is 0 Å². The monoisotopic (exact) mass is 227 g/mol. The molecule has 0 aliphatic heterocycles. The van der Waals surface area contributed by atoms with E-state index in [0.717, 1.165) is 12.4 Å². The van der Waals surface area contributed by atoms with Crippen LogP contribution < -0.4 is 5.32 Å². The SMILES string of the molecule is Cc1cccc(C)c1CNCc1ncccn1. The van der Waals surface area contributed by atoms with Crippen LogP contribution in [0.2, 0.25) is 0 Å². The van der Waals surface area contributed by atoms with Gasteiger partial charge in [-0.25, -0.2) is 9.97 Å². The highest BCUT2D eigenvalue weighted by Crippen LogP contribution is 2.12. The Morgan fingerprint density at radius 3 is 2.24 bits per heavy atom. The first kappa shape index (κ1) is 11.7. The van der Waals surface area contributed by atoms with E-state index in [1.165, 1.54) is 16.7 Å². The molecule has 0 saturated carbocycles. The summed E-state index contributed by atoms with van der Waals surface area (Å²) in [5.41, 5.74) is 4.02. The first-order valence-corrected chi connectivity index (χ1v) is 5.79. The molecule has 17 heavy (non-hydrogen) atoms. The van der Waals surface area contributed by atoms with Gasteiger partial charge in [0.2, 0.25) is 0 Å². The van der Waals surface area contributed by atoms with Crippen LogP contribution in [0.4, 0.5) is 0 Å². The van der Waals surface area contributed by atoms with Gasteiger partial charge in [-0.3, -0.25) is 0 Å². The highest BCUT2D eigenvalue weighted by molar-refractivity contribution is 5.33. The van der Waals surface area contributed by atoms with Crippen LogP contribution in [-0.2, 0) is 13.1 Å². The molecule has 0 fully saturated rings. The number of nitrogens with one attached hydrogen (secondary N) is 1. The Kier molecular flexibility index (Phi) is 3.83. The zero-order valence-electron chi connectivity index (χ0n) is 10.3. The first-order chi connectivity index (χ1) is 8.27. The van der Waals surface area contributed by atoms with Crippen molar-refractivity contribution in [2.24, 2.45) is 0 Å². The van der Waals surface area contributed by atoms with Gasteiger partial charge in [-0.05, 0) is 36.6 Å². The number of aryl methyl sites for hydroxylation is 2. The number of hydrogen-bond donors (Lipinski definition) is 1. The molecule has 1 aromatic carbocycles. The molecule has 2 aromatic rings. The lowest BCUT2D eigenvalue weighted by Gasteiger charge is -2.10. The van der Waals surface area contributed by atoms with Crippen molar-refractivity contribution in [1.82, 2.24) is 15.3 Å². The maximum absolute atomic E-state index is 4.18. The number of aromatic nitrogens is 2. The molecule has 3 nitrogen and oxygen atoms in total. The molecule has 1 heterocycles. The standard InChI is InChI=1S/C14H17N3/c1-11-5-3-6-12(2)13(11)9-15-10-14-16-7-4-8-17-14/h3-8,15H,9-10H2,1-2H3. The first-order valence-electron chi connectivity index (χ1n) is 5.79. The Hall–Kier alpha value is -1.74. The van der Waals surface area contributed by atoms with Crippen molar-refractivity contribution in [1.29, 1.82) is 0 Å². The fourth-order valence-corrected chi connectivity index (χ4v) is 1.85. The van der Waals surface area contributed by atoms with Crippen LogP contribution in [0.5, 0.6) is 0 Å². The smallest absolute Gasteiger partial charge is 0.141 e. The highest BCUT2D eigenvalue weighted by Gasteiger charge is 2.01. The molecule has 0 radical (unpaired) electrons. The average molecular weight is 227 g/mol. The predicted molar refractivity (Wildman–Crippen MR) is 68.5 cm³/mol. The van der Waals surface area contributed by atoms with Gasteiger partial charge in [0.05, 0.1) is 6.54 Å². The van der Waals surface area contributed by atoms with E-state index >= 15 is 0 Å². The summed E-state index contributed by atoms with van der Waals surface area (Å²) in [6, 6.07) is 8.20. The Morgan fingerprint density at radius 1 is 0.941 bits per heavy atom. The minimum Gasteiger partial charge on any atom is -0.306 e. The fourth-order valence-electron chi connectivity index (χ4n) is 1.85. The van der Waals surface area contributed by atoms with Crippen molar-refractivity contribution in [2.75, 3.05) is 0 Å². The van der Waals surface area contributed by atoms with Crippen molar-refractivity contribution in [3.63, 3.8) is 0 Å². The summed E-state index contributed by atoms with van der Waals surface area (Å²) in [7, 11) is 0. The molecule has 0 spiro atoms. The molecule has 2 rings (SSSR count). The number of hydrogen-bond acceptors (Lipinski definition) is 3. The van der Waals surface area contributed by atoms with Crippen molar-refractivity contribution in [2.45, 2.75) is 26.9 Å².